The van der Waals surface area contributed by atoms with E-state index in [4.69, 9.17) is 11.6 Å². The molecule has 0 saturated carbocycles. The van der Waals surface area contributed by atoms with E-state index in [2.05, 4.69) is 37.2 Å². The highest BCUT2D eigenvalue weighted by Gasteiger charge is 2.15. The third kappa shape index (κ3) is 5.58. The van der Waals surface area contributed by atoms with Crippen LogP contribution >= 0.6 is 23.4 Å². The Morgan fingerprint density at radius 3 is 2.48 bits per heavy atom. The summed E-state index contributed by atoms with van der Waals surface area (Å²) in [5, 5.41) is 10.3. The van der Waals surface area contributed by atoms with E-state index >= 15 is 0 Å². The van der Waals surface area contributed by atoms with Gasteiger partial charge in [0, 0.05) is 14.8 Å². The maximum atomic E-state index is 9.58. The van der Waals surface area contributed by atoms with Crippen molar-refractivity contribution in [3.8, 4) is 6.07 Å². The summed E-state index contributed by atoms with van der Waals surface area (Å²) in [6.07, 6.45) is 1.90. The van der Waals surface area contributed by atoms with Crippen molar-refractivity contribution < 1.29 is 0 Å². The van der Waals surface area contributed by atoms with Gasteiger partial charge in [0.1, 0.15) is 0 Å². The van der Waals surface area contributed by atoms with Gasteiger partial charge in [0.15, 0.2) is 0 Å². The Hall–Kier alpha value is -1.47. The van der Waals surface area contributed by atoms with Gasteiger partial charge in [-0.3, -0.25) is 0 Å². The maximum Gasteiger partial charge on any atom is 0.0724 e. The highest BCUT2D eigenvalue weighted by molar-refractivity contribution is 7.99. The van der Waals surface area contributed by atoms with E-state index in [1.54, 1.807) is 11.8 Å². The molecule has 2 aromatic carbocycles. The monoisotopic (exact) mass is 344 g/mol. The average Bonchev–Trinajstić information content (AvgIpc) is 2.54. The lowest BCUT2D eigenvalue weighted by Crippen LogP contribution is -2.13. The Morgan fingerprint density at radius 2 is 1.83 bits per heavy atom. The van der Waals surface area contributed by atoms with Gasteiger partial charge >= 0.3 is 0 Å². The minimum atomic E-state index is -0.0639. The molecule has 0 saturated heterocycles. The molecule has 0 aliphatic rings. The van der Waals surface area contributed by atoms with E-state index in [1.165, 1.54) is 0 Å². The van der Waals surface area contributed by atoms with Gasteiger partial charge in [0.25, 0.3) is 0 Å². The molecular formula is C19H21ClN2S. The van der Waals surface area contributed by atoms with Gasteiger partial charge in [-0.05, 0) is 69.4 Å². The Labute approximate surface area is 148 Å². The van der Waals surface area contributed by atoms with E-state index in [9.17, 15) is 5.26 Å². The summed E-state index contributed by atoms with van der Waals surface area (Å²) >= 11 is 7.63. The molecule has 0 unspecified atom stereocenters. The van der Waals surface area contributed by atoms with Gasteiger partial charge in [-0.2, -0.15) is 5.26 Å². The van der Waals surface area contributed by atoms with Crippen LogP contribution in [-0.4, -0.2) is 25.5 Å². The fourth-order valence-corrected chi connectivity index (χ4v) is 3.52. The molecule has 2 aromatic rings. The van der Waals surface area contributed by atoms with Crippen LogP contribution in [0.4, 0.5) is 0 Å². The topological polar surface area (TPSA) is 27.0 Å². The molecule has 0 N–H and O–H groups in total. The second-order valence-electron chi connectivity index (χ2n) is 5.72. The van der Waals surface area contributed by atoms with Gasteiger partial charge in [-0.15, -0.1) is 0 Å². The Balaban J connectivity index is 2.15. The van der Waals surface area contributed by atoms with E-state index < -0.39 is 0 Å². The fourth-order valence-electron chi connectivity index (χ4n) is 2.39. The largest absolute Gasteiger partial charge is 0.309 e. The van der Waals surface area contributed by atoms with E-state index in [0.717, 1.165) is 39.8 Å². The number of hydrogen-bond donors (Lipinski definition) is 0. The van der Waals surface area contributed by atoms with E-state index in [0.29, 0.717) is 0 Å². The molecule has 120 valence electrons. The first-order chi connectivity index (χ1) is 11.1. The number of halogens is 1. The number of hydrogen-bond acceptors (Lipinski definition) is 3. The van der Waals surface area contributed by atoms with Crippen molar-refractivity contribution in [2.24, 2.45) is 0 Å². The molecule has 0 spiro atoms. The predicted molar refractivity (Wildman–Crippen MR) is 98.2 cm³/mol. The predicted octanol–water partition coefficient (Wildman–Crippen LogP) is 5.44. The minimum absolute atomic E-state index is 0.0639. The minimum Gasteiger partial charge on any atom is -0.309 e. The van der Waals surface area contributed by atoms with Crippen LogP contribution in [0.3, 0.4) is 0 Å². The number of nitriles is 1. The van der Waals surface area contributed by atoms with Crippen LogP contribution in [0.1, 0.15) is 24.3 Å². The zero-order valence-corrected chi connectivity index (χ0v) is 15.1. The SMILES string of the molecule is CN(C)CCC[C@@H](C#N)c1ccccc1Sc1ccc(Cl)cc1. The molecule has 1 atom stereocenters. The van der Waals surface area contributed by atoms with Crippen LogP contribution in [0, 0.1) is 11.3 Å². The average molecular weight is 345 g/mol. The van der Waals surface area contributed by atoms with Crippen molar-refractivity contribution in [3.05, 3.63) is 59.1 Å². The lowest BCUT2D eigenvalue weighted by molar-refractivity contribution is 0.391. The number of benzene rings is 2. The zero-order chi connectivity index (χ0) is 16.7. The van der Waals surface area contributed by atoms with Crippen molar-refractivity contribution in [2.75, 3.05) is 20.6 Å². The van der Waals surface area contributed by atoms with Gasteiger partial charge in [-0.25, -0.2) is 0 Å². The molecule has 0 fully saturated rings. The smallest absolute Gasteiger partial charge is 0.0724 e. The van der Waals surface area contributed by atoms with Gasteiger partial charge in [0.2, 0.25) is 0 Å². The molecule has 0 amide bonds. The molecule has 4 heteroatoms. The zero-order valence-electron chi connectivity index (χ0n) is 13.5. The van der Waals surface area contributed by atoms with Crippen LogP contribution in [-0.2, 0) is 0 Å². The quantitative estimate of drug-likeness (QED) is 0.669. The number of nitrogens with zero attached hydrogens (tertiary/aromatic N) is 2. The van der Waals surface area contributed by atoms with Crippen molar-refractivity contribution >= 4 is 23.4 Å². The first-order valence-corrected chi connectivity index (χ1v) is 8.86. The van der Waals surface area contributed by atoms with Gasteiger partial charge in [-0.1, -0.05) is 41.6 Å². The lowest BCUT2D eigenvalue weighted by atomic mass is 9.95. The summed E-state index contributed by atoms with van der Waals surface area (Å²) in [4.78, 5) is 4.43. The van der Waals surface area contributed by atoms with Gasteiger partial charge < -0.3 is 4.90 Å². The molecule has 0 aliphatic heterocycles. The normalized spacial score (nSPS) is 12.1. The van der Waals surface area contributed by atoms with Gasteiger partial charge in [0.05, 0.1) is 12.0 Å². The molecule has 0 aromatic heterocycles. The molecule has 2 rings (SSSR count). The Bertz CT molecular complexity index is 662. The molecular weight excluding hydrogens is 324 g/mol. The second-order valence-corrected chi connectivity index (χ2v) is 7.27. The molecule has 0 heterocycles. The molecule has 0 bridgehead atoms. The second kappa shape index (κ2) is 8.98. The van der Waals surface area contributed by atoms with E-state index in [1.807, 2.05) is 36.4 Å². The summed E-state index contributed by atoms with van der Waals surface area (Å²) in [6, 6.07) is 18.5. The fraction of sp³-hybridized carbons (Fsp3) is 0.316. The summed E-state index contributed by atoms with van der Waals surface area (Å²) in [5.41, 5.74) is 1.12. The highest BCUT2D eigenvalue weighted by atomic mass is 35.5. The van der Waals surface area contributed by atoms with E-state index in [-0.39, 0.29) is 5.92 Å². The van der Waals surface area contributed by atoms with Crippen LogP contribution in [0.25, 0.3) is 0 Å². The van der Waals surface area contributed by atoms with Crippen molar-refractivity contribution in [2.45, 2.75) is 28.6 Å². The van der Waals surface area contributed by atoms with Crippen LogP contribution in [0.15, 0.2) is 58.3 Å². The van der Waals surface area contributed by atoms with Crippen molar-refractivity contribution in [3.63, 3.8) is 0 Å². The molecule has 0 radical (unpaired) electrons. The lowest BCUT2D eigenvalue weighted by Gasteiger charge is -2.15. The van der Waals surface area contributed by atoms with Crippen molar-refractivity contribution in [1.82, 2.24) is 4.90 Å². The molecule has 0 aliphatic carbocycles. The standard InChI is InChI=1S/C19H21ClN2S/c1-22(2)13-5-6-15(14-21)18-7-3-4-8-19(18)23-17-11-9-16(20)10-12-17/h3-4,7-12,15H,5-6,13H2,1-2H3/t15-/m0/s1. The first kappa shape index (κ1) is 17.9. The number of rotatable bonds is 7. The summed E-state index contributed by atoms with van der Waals surface area (Å²) < 4.78 is 0. The van der Waals surface area contributed by atoms with Crippen LogP contribution in [0.2, 0.25) is 5.02 Å². The van der Waals surface area contributed by atoms with Crippen LogP contribution < -0.4 is 0 Å². The van der Waals surface area contributed by atoms with Crippen LogP contribution in [0.5, 0.6) is 0 Å². The summed E-state index contributed by atoms with van der Waals surface area (Å²) in [7, 11) is 4.12. The molecule has 2 nitrogen and oxygen atoms in total. The van der Waals surface area contributed by atoms with Crippen molar-refractivity contribution in [1.29, 1.82) is 5.26 Å². The summed E-state index contributed by atoms with van der Waals surface area (Å²) in [6.45, 7) is 1.00. The first-order valence-electron chi connectivity index (χ1n) is 7.67. The third-order valence-corrected chi connectivity index (χ3v) is 4.94. The Morgan fingerprint density at radius 1 is 1.13 bits per heavy atom. The molecule has 23 heavy (non-hydrogen) atoms. The summed E-state index contributed by atoms with van der Waals surface area (Å²) in [5.74, 6) is -0.0639. The maximum absolute atomic E-state index is 9.58. The third-order valence-electron chi connectivity index (χ3n) is 3.59. The highest BCUT2D eigenvalue weighted by Crippen LogP contribution is 2.35. The Kier molecular flexibility index (Phi) is 6.98.